The molecule has 7 heteroatoms. The molecule has 0 heterocycles. The van der Waals surface area contributed by atoms with Gasteiger partial charge in [-0.2, -0.15) is 13.2 Å². The topological polar surface area (TPSA) is 17.1 Å². The van der Waals surface area contributed by atoms with Crippen LogP contribution >= 0.6 is 35.0 Å². The minimum absolute atomic E-state index is 0.0527. The normalized spacial score (nSPS) is 11.6. The van der Waals surface area contributed by atoms with Gasteiger partial charge in [0.15, 0.2) is 5.78 Å². The van der Waals surface area contributed by atoms with Crippen molar-refractivity contribution in [1.82, 2.24) is 0 Å². The van der Waals surface area contributed by atoms with Crippen molar-refractivity contribution in [1.29, 1.82) is 0 Å². The number of carbonyl (C=O) groups excluding carboxylic acids is 1. The van der Waals surface area contributed by atoms with Crippen molar-refractivity contribution in [3.63, 3.8) is 0 Å². The van der Waals surface area contributed by atoms with E-state index in [1.54, 1.807) is 0 Å². The number of alkyl halides is 5. The van der Waals surface area contributed by atoms with Crippen LogP contribution in [0.3, 0.4) is 0 Å². The number of halogens is 5. The maximum Gasteiger partial charge on any atom is 0.446 e. The first kappa shape index (κ1) is 15.7. The molecule has 0 saturated heterocycles. The van der Waals surface area contributed by atoms with Gasteiger partial charge in [-0.15, -0.1) is 23.2 Å². The summed E-state index contributed by atoms with van der Waals surface area (Å²) in [7, 11) is 0. The van der Waals surface area contributed by atoms with Crippen LogP contribution in [0.25, 0.3) is 0 Å². The molecular formula is C11H9Cl2F3OS. The molecule has 100 valence electrons. The Hall–Kier alpha value is -0.390. The molecule has 0 unspecified atom stereocenters. The molecule has 0 fully saturated rings. The predicted octanol–water partition coefficient (Wildman–Crippen LogP) is 4.39. The van der Waals surface area contributed by atoms with Crippen LogP contribution in [-0.4, -0.2) is 17.2 Å². The molecule has 0 amide bonds. The molecule has 1 nitrogen and oxygen atoms in total. The number of carbonyl (C=O) groups is 1. The quantitative estimate of drug-likeness (QED) is 0.592. The number of hydrogen-bond donors (Lipinski definition) is 0. The van der Waals surface area contributed by atoms with E-state index in [1.807, 2.05) is 0 Å². The number of benzene rings is 1. The van der Waals surface area contributed by atoms with E-state index in [2.05, 4.69) is 0 Å². The van der Waals surface area contributed by atoms with Crippen LogP contribution in [0.15, 0.2) is 23.1 Å². The van der Waals surface area contributed by atoms with Crippen molar-refractivity contribution in [2.45, 2.75) is 22.7 Å². The van der Waals surface area contributed by atoms with Crippen LogP contribution in [0.5, 0.6) is 0 Å². The van der Waals surface area contributed by atoms with Crippen molar-refractivity contribution in [3.05, 3.63) is 29.3 Å². The molecule has 1 aromatic carbocycles. The van der Waals surface area contributed by atoms with E-state index < -0.39 is 5.51 Å². The Kier molecular flexibility index (Phi) is 5.82. The van der Waals surface area contributed by atoms with Gasteiger partial charge >= 0.3 is 5.51 Å². The molecule has 0 aliphatic heterocycles. The van der Waals surface area contributed by atoms with E-state index in [-0.39, 0.29) is 40.6 Å². The average molecular weight is 317 g/mol. The number of ketones is 1. The zero-order valence-electron chi connectivity index (χ0n) is 9.06. The number of Topliss-reactive ketones (excluding diaryl/α,β-unsaturated/α-hetero) is 1. The van der Waals surface area contributed by atoms with Gasteiger partial charge in [0.1, 0.15) is 0 Å². The summed E-state index contributed by atoms with van der Waals surface area (Å²) in [4.78, 5) is 11.3. The smallest absolute Gasteiger partial charge is 0.298 e. The van der Waals surface area contributed by atoms with Crippen LogP contribution < -0.4 is 0 Å². The molecule has 1 aromatic rings. The maximum atomic E-state index is 12.2. The number of rotatable bonds is 5. The summed E-state index contributed by atoms with van der Waals surface area (Å²) < 4.78 is 36.6. The summed E-state index contributed by atoms with van der Waals surface area (Å²) in [5.74, 6) is -0.267. The van der Waals surface area contributed by atoms with Crippen molar-refractivity contribution in [2.24, 2.45) is 0 Å². The van der Waals surface area contributed by atoms with Gasteiger partial charge in [0.2, 0.25) is 0 Å². The highest BCUT2D eigenvalue weighted by Crippen LogP contribution is 2.37. The van der Waals surface area contributed by atoms with Gasteiger partial charge in [-0.3, -0.25) is 4.79 Å². The number of thioether (sulfide) groups is 1. The Morgan fingerprint density at radius 2 is 1.89 bits per heavy atom. The van der Waals surface area contributed by atoms with E-state index in [0.29, 0.717) is 11.1 Å². The summed E-state index contributed by atoms with van der Waals surface area (Å²) in [6.45, 7) is 0. The van der Waals surface area contributed by atoms with Gasteiger partial charge in [-0.1, -0.05) is 6.07 Å². The highest BCUT2D eigenvalue weighted by Gasteiger charge is 2.29. The zero-order chi connectivity index (χ0) is 13.8. The van der Waals surface area contributed by atoms with Crippen LogP contribution in [0.1, 0.15) is 11.1 Å². The van der Waals surface area contributed by atoms with Crippen molar-refractivity contribution in [2.75, 3.05) is 5.88 Å². The van der Waals surface area contributed by atoms with E-state index in [1.165, 1.54) is 18.2 Å². The highest BCUT2D eigenvalue weighted by atomic mass is 35.5. The third kappa shape index (κ3) is 5.08. The minimum Gasteiger partial charge on any atom is -0.298 e. The molecule has 18 heavy (non-hydrogen) atoms. The van der Waals surface area contributed by atoms with Crippen molar-refractivity contribution in [3.8, 4) is 0 Å². The van der Waals surface area contributed by atoms with E-state index in [9.17, 15) is 18.0 Å². The minimum atomic E-state index is -4.34. The van der Waals surface area contributed by atoms with E-state index in [4.69, 9.17) is 23.2 Å². The monoisotopic (exact) mass is 316 g/mol. The van der Waals surface area contributed by atoms with Crippen LogP contribution in [0.2, 0.25) is 0 Å². The molecule has 0 radical (unpaired) electrons. The number of hydrogen-bond acceptors (Lipinski definition) is 2. The fourth-order valence-corrected chi connectivity index (χ4v) is 2.30. The molecule has 0 N–H and O–H groups in total. The fraction of sp³-hybridized carbons (Fsp3) is 0.364. The molecule has 0 atom stereocenters. The standard InChI is InChI=1S/C11H9Cl2F3OS/c12-5-8-4-10(18-11(14,15)16)2-1-7(8)3-9(17)6-13/h1-2,4H,3,5-6H2. The average Bonchev–Trinajstić information content (AvgIpc) is 2.28. The first-order valence-corrected chi connectivity index (χ1v) is 6.75. The summed E-state index contributed by atoms with van der Waals surface area (Å²) >= 11 is 10.8. The Bertz CT molecular complexity index is 435. The summed E-state index contributed by atoms with van der Waals surface area (Å²) in [6.07, 6.45) is 0.0858. The second-order valence-electron chi connectivity index (χ2n) is 3.46. The summed E-state index contributed by atoms with van der Waals surface area (Å²) in [6, 6.07) is 4.16. The lowest BCUT2D eigenvalue weighted by Gasteiger charge is -2.10. The van der Waals surface area contributed by atoms with E-state index >= 15 is 0 Å². The van der Waals surface area contributed by atoms with Crippen molar-refractivity contribution >= 4 is 40.7 Å². The highest BCUT2D eigenvalue weighted by molar-refractivity contribution is 8.00. The van der Waals surface area contributed by atoms with Crippen LogP contribution in [0, 0.1) is 0 Å². The largest absolute Gasteiger partial charge is 0.446 e. The van der Waals surface area contributed by atoms with Crippen molar-refractivity contribution < 1.29 is 18.0 Å². The van der Waals surface area contributed by atoms with Gasteiger partial charge in [0.05, 0.1) is 5.88 Å². The Morgan fingerprint density at radius 3 is 2.39 bits per heavy atom. The Balaban J connectivity index is 2.93. The Labute approximate surface area is 117 Å². The second-order valence-corrected chi connectivity index (χ2v) is 5.13. The lowest BCUT2D eigenvalue weighted by Crippen LogP contribution is -2.06. The summed E-state index contributed by atoms with van der Waals surface area (Å²) in [5, 5.41) is 0. The molecule has 0 aromatic heterocycles. The van der Waals surface area contributed by atoms with Crippen LogP contribution in [-0.2, 0) is 17.1 Å². The van der Waals surface area contributed by atoms with Crippen LogP contribution in [0.4, 0.5) is 13.2 Å². The molecule has 0 aliphatic carbocycles. The SMILES string of the molecule is O=C(CCl)Cc1ccc(SC(F)(F)F)cc1CCl. The fourth-order valence-electron chi connectivity index (χ4n) is 1.36. The molecule has 0 aliphatic rings. The lowest BCUT2D eigenvalue weighted by molar-refractivity contribution is -0.116. The summed E-state index contributed by atoms with van der Waals surface area (Å²) in [5.41, 5.74) is -3.21. The first-order chi connectivity index (χ1) is 8.35. The van der Waals surface area contributed by atoms with E-state index in [0.717, 1.165) is 0 Å². The Morgan fingerprint density at radius 1 is 1.22 bits per heavy atom. The lowest BCUT2D eigenvalue weighted by atomic mass is 10.0. The first-order valence-electron chi connectivity index (χ1n) is 4.87. The third-order valence-electron chi connectivity index (χ3n) is 2.09. The maximum absolute atomic E-state index is 12.2. The molecule has 0 spiro atoms. The van der Waals surface area contributed by atoms with Gasteiger partial charge < -0.3 is 0 Å². The van der Waals surface area contributed by atoms with Gasteiger partial charge in [0.25, 0.3) is 0 Å². The molecule has 1 rings (SSSR count). The molecule has 0 bridgehead atoms. The second kappa shape index (κ2) is 6.68. The molecular weight excluding hydrogens is 308 g/mol. The van der Waals surface area contributed by atoms with Gasteiger partial charge in [-0.25, -0.2) is 0 Å². The predicted molar refractivity (Wildman–Crippen MR) is 67.3 cm³/mol. The zero-order valence-corrected chi connectivity index (χ0v) is 11.4. The molecule has 0 saturated carbocycles. The third-order valence-corrected chi connectivity index (χ3v) is 3.40. The van der Waals surface area contributed by atoms with Gasteiger partial charge in [-0.05, 0) is 35.0 Å². The van der Waals surface area contributed by atoms with Gasteiger partial charge in [0, 0.05) is 17.2 Å².